The van der Waals surface area contributed by atoms with Gasteiger partial charge in [-0.25, -0.2) is 9.59 Å². The van der Waals surface area contributed by atoms with Crippen molar-refractivity contribution in [2.24, 2.45) is 0 Å². The van der Waals surface area contributed by atoms with Crippen molar-refractivity contribution in [3.63, 3.8) is 0 Å². The molecule has 0 unspecified atom stereocenters. The third kappa shape index (κ3) is 2.03. The molecule has 1 N–H and O–H groups in total. The first-order valence-corrected chi connectivity index (χ1v) is 4.12. The van der Waals surface area contributed by atoms with Crippen LogP contribution in [0.15, 0.2) is 0 Å². The lowest BCUT2D eigenvalue weighted by Gasteiger charge is -2.04. The van der Waals surface area contributed by atoms with Crippen LogP contribution < -0.4 is 0 Å². The van der Waals surface area contributed by atoms with E-state index in [0.29, 0.717) is 0 Å². The van der Waals surface area contributed by atoms with E-state index in [4.69, 9.17) is 4.89 Å². The van der Waals surface area contributed by atoms with Gasteiger partial charge in [0.1, 0.15) is 0 Å². The molecule has 0 saturated carbocycles. The minimum Gasteiger partial charge on any atom is -0.461 e. The summed E-state index contributed by atoms with van der Waals surface area (Å²) in [5.74, 6) is 0. The van der Waals surface area contributed by atoms with Crippen LogP contribution in [0.2, 0.25) is 0 Å². The van der Waals surface area contributed by atoms with Gasteiger partial charge in [0.2, 0.25) is 0 Å². The summed E-state index contributed by atoms with van der Waals surface area (Å²) >= 11 is 0. The van der Waals surface area contributed by atoms with Crippen molar-refractivity contribution in [1.82, 2.24) is 0 Å². The van der Waals surface area contributed by atoms with Gasteiger partial charge in [-0.1, -0.05) is 0 Å². The van der Waals surface area contributed by atoms with E-state index in [-0.39, 0.29) is 0 Å². The van der Waals surface area contributed by atoms with E-state index in [1.165, 1.54) is 0 Å². The maximum atomic E-state index is 10.7. The third-order valence-corrected chi connectivity index (χ3v) is 2.20. The van der Waals surface area contributed by atoms with Gasteiger partial charge in [0.25, 0.3) is 0 Å². The zero-order valence-corrected chi connectivity index (χ0v) is 6.83. The minimum absolute atomic E-state index is 0.897. The summed E-state index contributed by atoms with van der Waals surface area (Å²) in [6, 6.07) is 0. The first kappa shape index (κ1) is 10.1. The maximum absolute atomic E-state index is 10.7. The van der Waals surface area contributed by atoms with Crippen LogP contribution in [0.3, 0.4) is 0 Å². The van der Waals surface area contributed by atoms with Crippen LogP contribution in [0.1, 0.15) is 0 Å². The minimum atomic E-state index is -4.60. The second-order valence-corrected chi connectivity index (χ2v) is 3.40. The Kier molecular flexibility index (Phi) is 3.22. The van der Waals surface area contributed by atoms with Gasteiger partial charge < -0.3 is 14.4 Å². The molecule has 0 aliphatic carbocycles. The molecule has 0 saturated heterocycles. The van der Waals surface area contributed by atoms with E-state index < -0.39 is 18.8 Å². The highest BCUT2D eigenvalue weighted by molar-refractivity contribution is 7.88. The van der Waals surface area contributed by atoms with Crippen molar-refractivity contribution >= 4 is 18.8 Å². The first-order valence-electron chi connectivity index (χ1n) is 2.46. The van der Waals surface area contributed by atoms with Crippen LogP contribution in [0, 0.1) is 0 Å². The van der Waals surface area contributed by atoms with E-state index in [1.807, 2.05) is 0 Å². The lowest BCUT2D eigenvalue weighted by Crippen LogP contribution is -2.08. The highest BCUT2D eigenvalue weighted by atomic mass is 31.2. The molecule has 0 fully saturated rings. The van der Waals surface area contributed by atoms with Crippen molar-refractivity contribution in [2.75, 3.05) is 14.2 Å². The normalized spacial score (nSPS) is 10.5. The average molecular weight is 182 g/mol. The fourth-order valence-corrected chi connectivity index (χ4v) is 0.966. The predicted octanol–water partition coefficient (Wildman–Crippen LogP) is 0.790. The summed E-state index contributed by atoms with van der Waals surface area (Å²) < 4.78 is 18.5. The largest absolute Gasteiger partial charge is 0.461 e. The second-order valence-electron chi connectivity index (χ2n) is 1.52. The Labute approximate surface area is 62.6 Å². The summed E-state index contributed by atoms with van der Waals surface area (Å²) in [5.41, 5.74) is -2.96. The van der Waals surface area contributed by atoms with E-state index in [0.717, 1.165) is 14.2 Å². The Morgan fingerprint density at radius 3 is 1.64 bits per heavy atom. The van der Waals surface area contributed by atoms with Gasteiger partial charge >= 0.3 is 18.8 Å². The van der Waals surface area contributed by atoms with E-state index in [2.05, 4.69) is 9.47 Å². The molecule has 0 aromatic heterocycles. The molecule has 0 bridgehead atoms. The Morgan fingerprint density at radius 1 is 1.18 bits per heavy atom. The van der Waals surface area contributed by atoms with Crippen LogP contribution >= 0.6 is 7.37 Å². The Hall–Kier alpha value is -0.870. The number of hydrogen-bond acceptors (Lipinski definition) is 5. The summed E-state index contributed by atoms with van der Waals surface area (Å²) in [4.78, 5) is 29.5. The lowest BCUT2D eigenvalue weighted by molar-refractivity contribution is 0.182. The zero-order chi connectivity index (χ0) is 9.07. The number of carbonyl (C=O) groups excluding carboxylic acids is 2. The van der Waals surface area contributed by atoms with Gasteiger partial charge in [0.05, 0.1) is 14.2 Å². The van der Waals surface area contributed by atoms with Gasteiger partial charge in [-0.15, -0.1) is 0 Å². The summed E-state index contributed by atoms with van der Waals surface area (Å²) in [7, 11) is -2.80. The SMILES string of the molecule is COC(=O)P(=O)(O)C(=O)OC. The molecule has 11 heavy (non-hydrogen) atoms. The van der Waals surface area contributed by atoms with E-state index >= 15 is 0 Å². The lowest BCUT2D eigenvalue weighted by atomic mass is 11.4. The molecule has 6 nitrogen and oxygen atoms in total. The van der Waals surface area contributed by atoms with Gasteiger partial charge in [0.15, 0.2) is 0 Å². The first-order chi connectivity index (χ1) is 4.96. The van der Waals surface area contributed by atoms with Gasteiger partial charge in [-0.2, -0.15) is 0 Å². The van der Waals surface area contributed by atoms with Crippen LogP contribution in [-0.2, 0) is 14.0 Å². The fourth-order valence-electron chi connectivity index (χ4n) is 0.322. The molecule has 0 spiro atoms. The highest BCUT2D eigenvalue weighted by Gasteiger charge is 2.40. The van der Waals surface area contributed by atoms with Crippen molar-refractivity contribution in [2.45, 2.75) is 0 Å². The van der Waals surface area contributed by atoms with Crippen molar-refractivity contribution in [3.8, 4) is 0 Å². The monoisotopic (exact) mass is 182 g/mol. The van der Waals surface area contributed by atoms with Gasteiger partial charge in [-0.3, -0.25) is 4.57 Å². The Morgan fingerprint density at radius 2 is 1.45 bits per heavy atom. The zero-order valence-electron chi connectivity index (χ0n) is 5.94. The number of ether oxygens (including phenoxy) is 2. The second kappa shape index (κ2) is 3.50. The van der Waals surface area contributed by atoms with Gasteiger partial charge in [0, 0.05) is 0 Å². The molecule has 0 radical (unpaired) electrons. The molecule has 0 amide bonds. The number of methoxy groups -OCH3 is 2. The Bertz CT molecular complexity index is 201. The maximum Gasteiger partial charge on any atom is 0.410 e. The molecule has 0 heterocycles. The summed E-state index contributed by atoms with van der Waals surface area (Å²) in [5, 5.41) is 0. The molecular weight excluding hydrogens is 175 g/mol. The van der Waals surface area contributed by atoms with Crippen molar-refractivity contribution < 1.29 is 28.5 Å². The number of carbonyl (C=O) groups is 2. The number of hydrogen-bond donors (Lipinski definition) is 1. The van der Waals surface area contributed by atoms with Gasteiger partial charge in [-0.05, 0) is 0 Å². The quantitative estimate of drug-likeness (QED) is 0.635. The molecule has 7 heteroatoms. The highest BCUT2D eigenvalue weighted by Crippen LogP contribution is 2.44. The predicted molar refractivity (Wildman–Crippen MR) is 34.6 cm³/mol. The molecule has 0 aliphatic rings. The topological polar surface area (TPSA) is 89.9 Å². The summed E-state index contributed by atoms with van der Waals surface area (Å²) in [6.45, 7) is 0. The average Bonchev–Trinajstić information content (AvgIpc) is 2.01. The standard InChI is InChI=1S/C4H7O6P/c1-9-3(5)11(7,8)4(6)10-2/h1-2H3,(H,7,8). The molecule has 0 rings (SSSR count). The van der Waals surface area contributed by atoms with Crippen LogP contribution in [0.5, 0.6) is 0 Å². The van der Waals surface area contributed by atoms with E-state index in [9.17, 15) is 14.2 Å². The van der Waals surface area contributed by atoms with Crippen LogP contribution in [-0.4, -0.2) is 30.5 Å². The fraction of sp³-hybridized carbons (Fsp3) is 0.500. The third-order valence-electron chi connectivity index (χ3n) is 0.844. The molecule has 0 atom stereocenters. The molecule has 0 aliphatic heterocycles. The Balaban J connectivity index is 4.60. The van der Waals surface area contributed by atoms with Crippen LogP contribution in [0.25, 0.3) is 0 Å². The smallest absolute Gasteiger partial charge is 0.410 e. The van der Waals surface area contributed by atoms with Crippen LogP contribution in [0.4, 0.5) is 9.59 Å². The van der Waals surface area contributed by atoms with Crippen molar-refractivity contribution in [1.29, 1.82) is 0 Å². The molecular formula is C4H7O6P. The van der Waals surface area contributed by atoms with Crippen molar-refractivity contribution in [3.05, 3.63) is 0 Å². The molecule has 0 aromatic rings. The molecule has 64 valence electrons. The van der Waals surface area contributed by atoms with E-state index in [1.54, 1.807) is 0 Å². The summed E-state index contributed by atoms with van der Waals surface area (Å²) in [6.07, 6.45) is 0. The molecule has 0 aromatic carbocycles. The number of rotatable bonds is 2.